The molecule has 0 spiro atoms. The Balaban J connectivity index is 1.89. The van der Waals surface area contributed by atoms with Gasteiger partial charge in [-0.15, -0.1) is 0 Å². The lowest BCUT2D eigenvalue weighted by atomic mass is 9.92. The Kier molecular flexibility index (Phi) is 5.15. The summed E-state index contributed by atoms with van der Waals surface area (Å²) in [7, 11) is -2.55. The van der Waals surface area contributed by atoms with Gasteiger partial charge in [0.25, 0.3) is 5.91 Å². The molecule has 1 aliphatic rings. The van der Waals surface area contributed by atoms with Gasteiger partial charge in [-0.3, -0.25) is 9.69 Å². The zero-order chi connectivity index (χ0) is 19.6. The summed E-state index contributed by atoms with van der Waals surface area (Å²) >= 11 is 0. The van der Waals surface area contributed by atoms with Crippen molar-refractivity contribution in [1.29, 1.82) is 0 Å². The number of carbonyl (C=O) groups is 2. The molecule has 9 heteroatoms. The quantitative estimate of drug-likeness (QED) is 0.827. The number of carbonyl (C=O) groups excluding carboxylic acids is 2. The fourth-order valence-electron chi connectivity index (χ4n) is 3.10. The van der Waals surface area contributed by atoms with Crippen molar-refractivity contribution < 1.29 is 22.7 Å². The van der Waals surface area contributed by atoms with E-state index in [1.54, 1.807) is 12.1 Å². The summed E-state index contributed by atoms with van der Waals surface area (Å²) in [6, 6.07) is 12.1. The van der Waals surface area contributed by atoms with Gasteiger partial charge in [0.2, 0.25) is 10.0 Å². The lowest BCUT2D eigenvalue weighted by Crippen LogP contribution is -2.45. The second kappa shape index (κ2) is 7.37. The first-order valence-corrected chi connectivity index (χ1v) is 9.72. The number of hydrogen-bond acceptors (Lipinski definition) is 5. The van der Waals surface area contributed by atoms with Gasteiger partial charge in [-0.1, -0.05) is 24.3 Å². The third-order valence-electron chi connectivity index (χ3n) is 4.39. The van der Waals surface area contributed by atoms with Gasteiger partial charge in [0, 0.05) is 12.2 Å². The molecule has 2 aromatic rings. The summed E-state index contributed by atoms with van der Waals surface area (Å²) in [5.41, 5.74) is 2.11. The fraction of sp³-hybridized carbons (Fsp3) is 0.222. The second-order valence-corrected chi connectivity index (χ2v) is 7.63. The van der Waals surface area contributed by atoms with Crippen LogP contribution in [0.4, 0.5) is 10.5 Å². The van der Waals surface area contributed by atoms with E-state index < -0.39 is 28.1 Å². The molecule has 0 bridgehead atoms. The predicted octanol–water partition coefficient (Wildman–Crippen LogP) is 1.64. The van der Waals surface area contributed by atoms with Gasteiger partial charge in [-0.05, 0) is 41.8 Å². The third-order valence-corrected chi connectivity index (χ3v) is 5.32. The summed E-state index contributed by atoms with van der Waals surface area (Å²) in [6.45, 7) is 0.353. The van der Waals surface area contributed by atoms with E-state index in [1.165, 1.54) is 36.3 Å². The van der Waals surface area contributed by atoms with Crippen LogP contribution in [0, 0.1) is 0 Å². The van der Waals surface area contributed by atoms with Crippen molar-refractivity contribution in [2.45, 2.75) is 17.4 Å². The van der Waals surface area contributed by atoms with Crippen LogP contribution in [0.25, 0.3) is 0 Å². The summed E-state index contributed by atoms with van der Waals surface area (Å²) in [5.74, 6) is -0.420. The van der Waals surface area contributed by atoms with E-state index in [2.05, 4.69) is 5.32 Å². The van der Waals surface area contributed by atoms with Gasteiger partial charge >= 0.3 is 6.09 Å². The first-order chi connectivity index (χ1) is 12.8. The highest BCUT2D eigenvalue weighted by Crippen LogP contribution is 2.31. The molecule has 1 atom stereocenters. The van der Waals surface area contributed by atoms with E-state index in [1.807, 2.05) is 12.1 Å². The van der Waals surface area contributed by atoms with Gasteiger partial charge < -0.3 is 10.1 Å². The van der Waals surface area contributed by atoms with Crippen LogP contribution in [0.15, 0.2) is 53.4 Å². The SMILES string of the molecule is COC(=O)N1CCc2ccccc2[C@@H]1C(=O)Nc1ccc(S(N)(=O)=O)cc1. The lowest BCUT2D eigenvalue weighted by molar-refractivity contribution is -0.121. The Morgan fingerprint density at radius 1 is 1.15 bits per heavy atom. The van der Waals surface area contributed by atoms with Gasteiger partial charge in [-0.2, -0.15) is 0 Å². The molecule has 3 N–H and O–H groups in total. The number of ether oxygens (including phenoxy) is 1. The molecule has 2 amide bonds. The maximum atomic E-state index is 12.9. The minimum Gasteiger partial charge on any atom is -0.453 e. The molecule has 0 unspecified atom stereocenters. The van der Waals surface area contributed by atoms with Crippen molar-refractivity contribution in [1.82, 2.24) is 4.90 Å². The van der Waals surface area contributed by atoms with E-state index in [0.717, 1.165) is 11.1 Å². The zero-order valence-corrected chi connectivity index (χ0v) is 15.4. The molecule has 0 fully saturated rings. The average Bonchev–Trinajstić information content (AvgIpc) is 2.66. The number of nitrogens with zero attached hydrogens (tertiary/aromatic N) is 1. The highest BCUT2D eigenvalue weighted by molar-refractivity contribution is 7.89. The van der Waals surface area contributed by atoms with E-state index in [4.69, 9.17) is 9.88 Å². The molecule has 1 aliphatic heterocycles. The number of benzene rings is 2. The highest BCUT2D eigenvalue weighted by atomic mass is 32.2. The molecule has 0 aromatic heterocycles. The van der Waals surface area contributed by atoms with E-state index in [0.29, 0.717) is 18.7 Å². The van der Waals surface area contributed by atoms with Gasteiger partial charge in [-0.25, -0.2) is 18.4 Å². The molecule has 142 valence electrons. The zero-order valence-electron chi connectivity index (χ0n) is 14.6. The Morgan fingerprint density at radius 3 is 2.44 bits per heavy atom. The Hall–Kier alpha value is -2.91. The molecule has 2 aromatic carbocycles. The normalized spacial score (nSPS) is 16.4. The number of rotatable bonds is 3. The van der Waals surface area contributed by atoms with Crippen molar-refractivity contribution in [2.75, 3.05) is 19.0 Å². The minimum absolute atomic E-state index is 0.0558. The number of anilines is 1. The molecule has 8 nitrogen and oxygen atoms in total. The third kappa shape index (κ3) is 3.93. The van der Waals surface area contributed by atoms with Crippen LogP contribution in [-0.4, -0.2) is 39.0 Å². The van der Waals surface area contributed by atoms with Crippen LogP contribution in [0.5, 0.6) is 0 Å². The van der Waals surface area contributed by atoms with Crippen molar-refractivity contribution >= 4 is 27.7 Å². The molecule has 1 heterocycles. The maximum Gasteiger partial charge on any atom is 0.410 e. The number of nitrogens with one attached hydrogen (secondary N) is 1. The van der Waals surface area contributed by atoms with Crippen molar-refractivity contribution in [2.24, 2.45) is 5.14 Å². The first kappa shape index (κ1) is 18.9. The molecular weight excluding hydrogens is 370 g/mol. The number of methoxy groups -OCH3 is 1. The first-order valence-electron chi connectivity index (χ1n) is 8.17. The van der Waals surface area contributed by atoms with E-state index in [-0.39, 0.29) is 4.90 Å². The largest absolute Gasteiger partial charge is 0.453 e. The monoisotopic (exact) mass is 389 g/mol. The summed E-state index contributed by atoms with van der Waals surface area (Å²) < 4.78 is 27.5. The number of fused-ring (bicyclic) bond motifs is 1. The van der Waals surface area contributed by atoms with Crippen LogP contribution < -0.4 is 10.5 Å². The summed E-state index contributed by atoms with van der Waals surface area (Å²) in [4.78, 5) is 26.4. The summed E-state index contributed by atoms with van der Waals surface area (Å²) in [6.07, 6.45) is 0.0344. The van der Waals surface area contributed by atoms with Crippen LogP contribution in [0.2, 0.25) is 0 Å². The smallest absolute Gasteiger partial charge is 0.410 e. The van der Waals surface area contributed by atoms with Crippen LogP contribution in [0.1, 0.15) is 17.2 Å². The molecule has 0 radical (unpaired) electrons. The van der Waals surface area contributed by atoms with Crippen molar-refractivity contribution in [3.63, 3.8) is 0 Å². The fourth-order valence-corrected chi connectivity index (χ4v) is 3.62. The number of hydrogen-bond donors (Lipinski definition) is 2. The Morgan fingerprint density at radius 2 is 1.81 bits per heavy atom. The molecule has 0 saturated carbocycles. The predicted molar refractivity (Wildman–Crippen MR) is 98.4 cm³/mol. The van der Waals surface area contributed by atoms with Crippen molar-refractivity contribution in [3.8, 4) is 0 Å². The highest BCUT2D eigenvalue weighted by Gasteiger charge is 2.36. The van der Waals surface area contributed by atoms with Crippen molar-refractivity contribution in [3.05, 3.63) is 59.7 Å². The number of amides is 2. The molecule has 0 aliphatic carbocycles. The van der Waals surface area contributed by atoms with Crippen LogP contribution in [-0.2, 0) is 26.0 Å². The van der Waals surface area contributed by atoms with E-state index in [9.17, 15) is 18.0 Å². The van der Waals surface area contributed by atoms with Gasteiger partial charge in [0.1, 0.15) is 6.04 Å². The maximum absolute atomic E-state index is 12.9. The summed E-state index contributed by atoms with van der Waals surface area (Å²) in [5, 5.41) is 7.79. The van der Waals surface area contributed by atoms with E-state index >= 15 is 0 Å². The standard InChI is InChI=1S/C18H19N3O5S/c1-26-18(23)21-11-10-12-4-2-3-5-15(12)16(21)17(22)20-13-6-8-14(9-7-13)27(19,24)25/h2-9,16H,10-11H2,1H3,(H,20,22)(H2,19,24,25)/t16-/m1/s1. The molecule has 3 rings (SSSR count). The lowest BCUT2D eigenvalue weighted by Gasteiger charge is -2.35. The molecule has 0 saturated heterocycles. The number of primary sulfonamides is 1. The average molecular weight is 389 g/mol. The molecular formula is C18H19N3O5S. The van der Waals surface area contributed by atoms with Crippen LogP contribution in [0.3, 0.4) is 0 Å². The van der Waals surface area contributed by atoms with Crippen LogP contribution >= 0.6 is 0 Å². The molecule has 27 heavy (non-hydrogen) atoms. The number of nitrogens with two attached hydrogens (primary N) is 1. The second-order valence-electron chi connectivity index (χ2n) is 6.07. The van der Waals surface area contributed by atoms with Gasteiger partial charge in [0.05, 0.1) is 12.0 Å². The Labute approximate surface area is 157 Å². The minimum atomic E-state index is -3.81. The number of sulfonamides is 1. The Bertz CT molecular complexity index is 973. The topological polar surface area (TPSA) is 119 Å². The van der Waals surface area contributed by atoms with Gasteiger partial charge in [0.15, 0.2) is 0 Å².